The van der Waals surface area contributed by atoms with Crippen LogP contribution in [0.1, 0.15) is 15.9 Å². The highest BCUT2D eigenvalue weighted by molar-refractivity contribution is 9.10. The average Bonchev–Trinajstić information content (AvgIpc) is 2.72. The number of hydrogen-bond acceptors (Lipinski definition) is 4. The van der Waals surface area contributed by atoms with Crippen molar-refractivity contribution in [3.8, 4) is 17.1 Å². The summed E-state index contributed by atoms with van der Waals surface area (Å²) in [6.45, 7) is 1.82. The summed E-state index contributed by atoms with van der Waals surface area (Å²) in [5.74, 6) is -0.633. The average molecular weight is 470 g/mol. The molecule has 0 amide bonds. The van der Waals surface area contributed by atoms with Crippen LogP contribution >= 0.6 is 27.5 Å². The van der Waals surface area contributed by atoms with Gasteiger partial charge in [-0.3, -0.25) is 4.79 Å². The van der Waals surface area contributed by atoms with E-state index in [1.807, 2.05) is 25.1 Å². The number of carbonyl (C=O) groups is 1. The Kier molecular flexibility index (Phi) is 5.26. The zero-order valence-corrected chi connectivity index (χ0v) is 17.6. The molecule has 1 aromatic heterocycles. The fraction of sp³-hybridized carbons (Fsp3) is 0.0435. The summed E-state index contributed by atoms with van der Waals surface area (Å²) < 4.78 is 12.4. The molecule has 0 aliphatic heterocycles. The Morgan fingerprint density at radius 2 is 1.72 bits per heavy atom. The standard InChI is InChI=1S/C23H14BrClO4/c1-13-11-19-17(12-18(13)25)20(26)22(21(28-19)14-5-3-2-4-6-14)29-23(27)15-7-9-16(24)10-8-15/h2-12H,1H3. The first-order chi connectivity index (χ1) is 13.9. The molecule has 0 aliphatic rings. The zero-order valence-electron chi connectivity index (χ0n) is 15.2. The Morgan fingerprint density at radius 1 is 1.03 bits per heavy atom. The van der Waals surface area contributed by atoms with E-state index in [2.05, 4.69) is 15.9 Å². The second-order valence-corrected chi connectivity index (χ2v) is 7.77. The minimum absolute atomic E-state index is 0.170. The van der Waals surface area contributed by atoms with Crippen molar-refractivity contribution in [3.05, 3.63) is 97.6 Å². The van der Waals surface area contributed by atoms with Gasteiger partial charge in [0.15, 0.2) is 5.76 Å². The molecule has 0 fully saturated rings. The third-order valence-corrected chi connectivity index (χ3v) is 5.38. The van der Waals surface area contributed by atoms with Crippen molar-refractivity contribution in [3.63, 3.8) is 0 Å². The Hall–Kier alpha value is -2.89. The number of benzene rings is 3. The van der Waals surface area contributed by atoms with E-state index >= 15 is 0 Å². The van der Waals surface area contributed by atoms with E-state index < -0.39 is 11.4 Å². The molecule has 29 heavy (non-hydrogen) atoms. The first-order valence-electron chi connectivity index (χ1n) is 8.74. The molecular weight excluding hydrogens is 456 g/mol. The van der Waals surface area contributed by atoms with Gasteiger partial charge in [-0.15, -0.1) is 0 Å². The van der Waals surface area contributed by atoms with Gasteiger partial charge in [-0.2, -0.15) is 0 Å². The third-order valence-electron chi connectivity index (χ3n) is 4.44. The molecule has 0 unspecified atom stereocenters. The normalized spacial score (nSPS) is 10.9. The predicted octanol–water partition coefficient (Wildman–Crippen LogP) is 6.40. The number of halogens is 2. The molecule has 0 saturated carbocycles. The summed E-state index contributed by atoms with van der Waals surface area (Å²) in [6.07, 6.45) is 0. The van der Waals surface area contributed by atoms with Crippen molar-refractivity contribution in [1.29, 1.82) is 0 Å². The molecule has 4 rings (SSSR count). The largest absolute Gasteiger partial charge is 0.452 e. The lowest BCUT2D eigenvalue weighted by Gasteiger charge is -2.11. The summed E-state index contributed by atoms with van der Waals surface area (Å²) in [5.41, 5.74) is 1.63. The monoisotopic (exact) mass is 468 g/mol. The first-order valence-corrected chi connectivity index (χ1v) is 9.91. The number of esters is 1. The van der Waals surface area contributed by atoms with Gasteiger partial charge < -0.3 is 9.15 Å². The molecule has 144 valence electrons. The van der Waals surface area contributed by atoms with Crippen LogP contribution in [0.5, 0.6) is 5.75 Å². The minimum Gasteiger partial charge on any atom is -0.452 e. The molecule has 4 nitrogen and oxygen atoms in total. The minimum atomic E-state index is -0.653. The quantitative estimate of drug-likeness (QED) is 0.326. The molecule has 0 saturated heterocycles. The summed E-state index contributed by atoms with van der Waals surface area (Å²) in [6, 6.07) is 18.9. The van der Waals surface area contributed by atoms with Crippen LogP contribution in [0.2, 0.25) is 5.02 Å². The van der Waals surface area contributed by atoms with E-state index in [-0.39, 0.29) is 16.9 Å². The molecule has 0 N–H and O–H groups in total. The second kappa shape index (κ2) is 7.85. The molecule has 0 atom stereocenters. The van der Waals surface area contributed by atoms with Crippen LogP contribution < -0.4 is 10.2 Å². The van der Waals surface area contributed by atoms with Crippen molar-refractivity contribution in [2.24, 2.45) is 0 Å². The van der Waals surface area contributed by atoms with Gasteiger partial charge in [-0.1, -0.05) is 57.9 Å². The Bertz CT molecular complexity index is 1280. The Balaban J connectivity index is 1.91. The maximum atomic E-state index is 13.2. The zero-order chi connectivity index (χ0) is 20.5. The topological polar surface area (TPSA) is 56.5 Å². The smallest absolute Gasteiger partial charge is 0.343 e. The molecule has 0 bridgehead atoms. The van der Waals surface area contributed by atoms with Crippen molar-refractivity contribution < 1.29 is 13.9 Å². The van der Waals surface area contributed by atoms with E-state index in [1.165, 1.54) is 6.07 Å². The maximum absolute atomic E-state index is 13.2. The highest BCUT2D eigenvalue weighted by atomic mass is 79.9. The molecule has 6 heteroatoms. The van der Waals surface area contributed by atoms with E-state index in [0.717, 1.165) is 10.0 Å². The van der Waals surface area contributed by atoms with E-state index in [1.54, 1.807) is 42.5 Å². The number of ether oxygens (including phenoxy) is 1. The second-order valence-electron chi connectivity index (χ2n) is 6.45. The fourth-order valence-corrected chi connectivity index (χ4v) is 3.34. The van der Waals surface area contributed by atoms with Gasteiger partial charge in [0, 0.05) is 15.1 Å². The van der Waals surface area contributed by atoms with Gasteiger partial charge in [0.25, 0.3) is 0 Å². The Labute approximate surface area is 179 Å². The van der Waals surface area contributed by atoms with E-state index in [9.17, 15) is 9.59 Å². The molecule has 0 spiro atoms. The lowest BCUT2D eigenvalue weighted by atomic mass is 10.1. The fourth-order valence-electron chi connectivity index (χ4n) is 2.91. The lowest BCUT2D eigenvalue weighted by Crippen LogP contribution is -2.16. The third kappa shape index (κ3) is 3.84. The van der Waals surface area contributed by atoms with Crippen LogP contribution in [-0.4, -0.2) is 5.97 Å². The van der Waals surface area contributed by atoms with Crippen LogP contribution in [0.3, 0.4) is 0 Å². The van der Waals surface area contributed by atoms with Gasteiger partial charge in [-0.25, -0.2) is 4.79 Å². The molecule has 3 aromatic carbocycles. The SMILES string of the molecule is Cc1cc2oc(-c3ccccc3)c(OC(=O)c3ccc(Br)cc3)c(=O)c2cc1Cl. The molecule has 0 aliphatic carbocycles. The van der Waals surface area contributed by atoms with Gasteiger partial charge >= 0.3 is 5.97 Å². The summed E-state index contributed by atoms with van der Waals surface area (Å²) >= 11 is 9.52. The maximum Gasteiger partial charge on any atom is 0.343 e. The van der Waals surface area contributed by atoms with Gasteiger partial charge in [0.05, 0.1) is 10.9 Å². The predicted molar refractivity (Wildman–Crippen MR) is 117 cm³/mol. The first kappa shape index (κ1) is 19.4. The highest BCUT2D eigenvalue weighted by Gasteiger charge is 2.22. The Morgan fingerprint density at radius 3 is 2.41 bits per heavy atom. The summed E-state index contributed by atoms with van der Waals surface area (Å²) in [4.78, 5) is 25.9. The summed E-state index contributed by atoms with van der Waals surface area (Å²) in [7, 11) is 0. The van der Waals surface area contributed by atoms with Gasteiger partial charge in [-0.05, 0) is 48.9 Å². The van der Waals surface area contributed by atoms with Crippen molar-refractivity contribution in [2.75, 3.05) is 0 Å². The van der Waals surface area contributed by atoms with Crippen LogP contribution in [0.15, 0.2) is 80.4 Å². The molecule has 4 aromatic rings. The van der Waals surface area contributed by atoms with Gasteiger partial charge in [0.1, 0.15) is 5.58 Å². The van der Waals surface area contributed by atoms with Crippen molar-refractivity contribution in [2.45, 2.75) is 6.92 Å². The van der Waals surface area contributed by atoms with Crippen molar-refractivity contribution >= 4 is 44.5 Å². The van der Waals surface area contributed by atoms with Crippen LogP contribution in [0.25, 0.3) is 22.3 Å². The number of carbonyl (C=O) groups excluding carboxylic acids is 1. The van der Waals surface area contributed by atoms with E-state index in [4.69, 9.17) is 20.8 Å². The van der Waals surface area contributed by atoms with Crippen molar-refractivity contribution in [1.82, 2.24) is 0 Å². The van der Waals surface area contributed by atoms with Gasteiger partial charge in [0.2, 0.25) is 11.2 Å². The molecule has 0 radical (unpaired) electrons. The highest BCUT2D eigenvalue weighted by Crippen LogP contribution is 2.33. The summed E-state index contributed by atoms with van der Waals surface area (Å²) in [5, 5.41) is 0.682. The molecule has 1 heterocycles. The lowest BCUT2D eigenvalue weighted by molar-refractivity contribution is 0.0731. The number of aryl methyl sites for hydroxylation is 1. The van der Waals surface area contributed by atoms with Crippen LogP contribution in [-0.2, 0) is 0 Å². The van der Waals surface area contributed by atoms with Crippen LogP contribution in [0.4, 0.5) is 0 Å². The van der Waals surface area contributed by atoms with Crippen LogP contribution in [0, 0.1) is 6.92 Å². The number of rotatable bonds is 3. The van der Waals surface area contributed by atoms with E-state index in [0.29, 0.717) is 21.7 Å². The number of fused-ring (bicyclic) bond motifs is 1. The number of hydrogen-bond donors (Lipinski definition) is 0. The molecular formula is C23H14BrClO4.